The predicted octanol–water partition coefficient (Wildman–Crippen LogP) is 5.49. The fraction of sp³-hybridized carbons (Fsp3) is 0.267. The zero-order valence-corrected chi connectivity index (χ0v) is 21.4. The molecule has 3 aromatic rings. The molecular weight excluding hydrogens is 468 g/mol. The molecule has 5 rings (SSSR count). The van der Waals surface area contributed by atoms with E-state index in [9.17, 15) is 9.59 Å². The number of carbonyl (C=O) groups excluding carboxylic acids is 2. The molecule has 0 bridgehead atoms. The molecule has 1 amide bonds. The van der Waals surface area contributed by atoms with Gasteiger partial charge >= 0.3 is 0 Å². The van der Waals surface area contributed by atoms with Gasteiger partial charge in [0.05, 0.1) is 44.7 Å². The third-order valence-electron chi connectivity index (χ3n) is 7.15. The molecule has 0 aromatic heterocycles. The number of nitrogens with one attached hydrogen (secondary N) is 1. The lowest BCUT2D eigenvalue weighted by Crippen LogP contribution is -2.41. The Morgan fingerprint density at radius 1 is 0.892 bits per heavy atom. The quantitative estimate of drug-likeness (QED) is 0.501. The van der Waals surface area contributed by atoms with E-state index in [-0.39, 0.29) is 17.6 Å². The van der Waals surface area contributed by atoms with Gasteiger partial charge < -0.3 is 24.4 Å². The van der Waals surface area contributed by atoms with Crippen LogP contribution >= 0.6 is 0 Å². The second-order valence-electron chi connectivity index (χ2n) is 9.24. The van der Waals surface area contributed by atoms with Crippen molar-refractivity contribution in [2.45, 2.75) is 25.3 Å². The van der Waals surface area contributed by atoms with Crippen LogP contribution in [0.5, 0.6) is 17.2 Å². The largest absolute Gasteiger partial charge is 0.497 e. The molecule has 37 heavy (non-hydrogen) atoms. The lowest BCUT2D eigenvalue weighted by molar-refractivity contribution is -0.123. The maximum atomic E-state index is 14.0. The van der Waals surface area contributed by atoms with Crippen LogP contribution in [0.1, 0.15) is 36.4 Å². The Morgan fingerprint density at radius 3 is 2.27 bits per heavy atom. The number of nitrogens with zero attached hydrogens (tertiary/aromatic N) is 1. The summed E-state index contributed by atoms with van der Waals surface area (Å²) in [6.07, 6.45) is 2.45. The number of anilines is 2. The molecule has 2 aliphatic rings. The van der Waals surface area contributed by atoms with Gasteiger partial charge in [0, 0.05) is 25.0 Å². The highest BCUT2D eigenvalue weighted by Crippen LogP contribution is 2.48. The summed E-state index contributed by atoms with van der Waals surface area (Å²) in [6.45, 7) is 1.53. The molecule has 0 radical (unpaired) electrons. The topological polar surface area (TPSA) is 77.1 Å². The molecule has 0 saturated heterocycles. The van der Waals surface area contributed by atoms with Crippen molar-refractivity contribution in [2.24, 2.45) is 5.92 Å². The predicted molar refractivity (Wildman–Crippen MR) is 142 cm³/mol. The minimum absolute atomic E-state index is 0.0599. The number of fused-ring (bicyclic) bond motifs is 2. The van der Waals surface area contributed by atoms with E-state index in [4.69, 9.17) is 14.2 Å². The summed E-state index contributed by atoms with van der Waals surface area (Å²) >= 11 is 0. The van der Waals surface area contributed by atoms with Crippen LogP contribution in [0.25, 0.3) is 0 Å². The summed E-state index contributed by atoms with van der Waals surface area (Å²) in [5, 5.41) is 3.52. The summed E-state index contributed by atoms with van der Waals surface area (Å²) in [5.41, 5.74) is 4.11. The zero-order valence-electron chi connectivity index (χ0n) is 21.4. The van der Waals surface area contributed by atoms with Crippen molar-refractivity contribution >= 4 is 23.1 Å². The molecule has 3 atom stereocenters. The maximum Gasteiger partial charge on any atom is 0.224 e. The van der Waals surface area contributed by atoms with Crippen LogP contribution in [0.2, 0.25) is 0 Å². The van der Waals surface area contributed by atoms with Gasteiger partial charge in [-0.05, 0) is 47.5 Å². The minimum Gasteiger partial charge on any atom is -0.497 e. The Balaban J connectivity index is 1.69. The van der Waals surface area contributed by atoms with Gasteiger partial charge in [-0.25, -0.2) is 0 Å². The van der Waals surface area contributed by atoms with Gasteiger partial charge in [-0.15, -0.1) is 0 Å². The lowest BCUT2D eigenvalue weighted by atomic mass is 9.76. The third-order valence-corrected chi connectivity index (χ3v) is 7.15. The van der Waals surface area contributed by atoms with E-state index in [0.717, 1.165) is 33.9 Å². The van der Waals surface area contributed by atoms with Crippen molar-refractivity contribution in [3.8, 4) is 17.2 Å². The van der Waals surface area contributed by atoms with Crippen molar-refractivity contribution in [3.63, 3.8) is 0 Å². The number of ether oxygens (including phenoxy) is 3. The number of Topliss-reactive ketones (excluding diaryl/α,β-unsaturated/α-hetero) is 1. The Labute approximate surface area is 216 Å². The SMILES string of the molecule is COc1ccc(C2C=C3Nc4ccccc4N(C(C)=O)C(c4ccc(OC)c(OC)c4)C3C(=O)C2)cc1. The average molecular weight is 499 g/mol. The highest BCUT2D eigenvalue weighted by molar-refractivity contribution is 6.00. The van der Waals surface area contributed by atoms with E-state index in [1.54, 1.807) is 26.2 Å². The Hall–Kier alpha value is -4.26. The van der Waals surface area contributed by atoms with Crippen LogP contribution in [0.4, 0.5) is 11.4 Å². The van der Waals surface area contributed by atoms with E-state index in [2.05, 4.69) is 11.4 Å². The summed E-state index contributed by atoms with van der Waals surface area (Å²) in [7, 11) is 4.79. The summed E-state index contributed by atoms with van der Waals surface area (Å²) < 4.78 is 16.3. The Kier molecular flexibility index (Phi) is 6.61. The van der Waals surface area contributed by atoms with E-state index < -0.39 is 12.0 Å². The van der Waals surface area contributed by atoms with Gasteiger partial charge in [0.1, 0.15) is 11.5 Å². The summed E-state index contributed by atoms with van der Waals surface area (Å²) in [6, 6.07) is 20.5. The number of hydrogen-bond acceptors (Lipinski definition) is 6. The highest BCUT2D eigenvalue weighted by atomic mass is 16.5. The fourth-order valence-electron chi connectivity index (χ4n) is 5.41. The number of carbonyl (C=O) groups is 2. The first kappa shape index (κ1) is 24.4. The molecule has 3 unspecified atom stereocenters. The standard InChI is InChI=1S/C30H30N2O5/c1-18(33)32-25-8-6-5-7-23(25)31-24-15-21(19-9-12-22(35-2)13-10-19)16-26(34)29(24)30(32)20-11-14-27(36-3)28(17-20)37-4/h5-15,17,21,29-31H,16H2,1-4H3. The number of para-hydroxylation sites is 2. The van der Waals surface area contributed by atoms with Crippen molar-refractivity contribution in [2.75, 3.05) is 31.5 Å². The van der Waals surface area contributed by atoms with Crippen molar-refractivity contribution in [1.29, 1.82) is 0 Å². The number of methoxy groups -OCH3 is 3. The molecule has 7 nitrogen and oxygen atoms in total. The number of amides is 1. The van der Waals surface area contributed by atoms with Crippen LogP contribution in [0.3, 0.4) is 0 Å². The van der Waals surface area contributed by atoms with E-state index in [1.165, 1.54) is 6.92 Å². The van der Waals surface area contributed by atoms with E-state index in [1.807, 2.05) is 66.7 Å². The van der Waals surface area contributed by atoms with Crippen LogP contribution in [-0.4, -0.2) is 33.0 Å². The monoisotopic (exact) mass is 498 g/mol. The number of ketones is 1. The first-order valence-electron chi connectivity index (χ1n) is 12.2. The van der Waals surface area contributed by atoms with Crippen LogP contribution in [0, 0.1) is 5.92 Å². The van der Waals surface area contributed by atoms with Crippen LogP contribution in [0.15, 0.2) is 78.5 Å². The molecule has 0 spiro atoms. The van der Waals surface area contributed by atoms with Gasteiger partial charge in [-0.2, -0.15) is 0 Å². The first-order valence-corrected chi connectivity index (χ1v) is 12.2. The normalized spacial score (nSPS) is 20.5. The molecule has 3 aromatic carbocycles. The first-order chi connectivity index (χ1) is 17.9. The smallest absolute Gasteiger partial charge is 0.224 e. The molecule has 1 aliphatic carbocycles. The number of hydrogen-bond donors (Lipinski definition) is 1. The van der Waals surface area contributed by atoms with Crippen LogP contribution < -0.4 is 24.4 Å². The van der Waals surface area contributed by atoms with Gasteiger partial charge in [0.2, 0.25) is 5.91 Å². The molecule has 1 N–H and O–H groups in total. The van der Waals surface area contributed by atoms with Crippen molar-refractivity contribution in [1.82, 2.24) is 0 Å². The zero-order chi connectivity index (χ0) is 26.1. The minimum atomic E-state index is -0.580. The number of rotatable bonds is 5. The molecule has 0 saturated carbocycles. The average Bonchev–Trinajstić information content (AvgIpc) is 3.07. The van der Waals surface area contributed by atoms with Gasteiger partial charge in [0.25, 0.3) is 0 Å². The van der Waals surface area contributed by atoms with E-state index in [0.29, 0.717) is 17.9 Å². The Morgan fingerprint density at radius 2 is 1.59 bits per heavy atom. The molecule has 1 aliphatic heterocycles. The van der Waals surface area contributed by atoms with E-state index >= 15 is 0 Å². The number of allylic oxidation sites excluding steroid dienone is 1. The molecule has 190 valence electrons. The second-order valence-corrected chi connectivity index (χ2v) is 9.24. The maximum absolute atomic E-state index is 14.0. The molecule has 0 fully saturated rings. The Bertz CT molecular complexity index is 1360. The van der Waals surface area contributed by atoms with Gasteiger partial charge in [0.15, 0.2) is 11.5 Å². The fourth-order valence-corrected chi connectivity index (χ4v) is 5.41. The summed E-state index contributed by atoms with van der Waals surface area (Å²) in [4.78, 5) is 28.9. The van der Waals surface area contributed by atoms with Crippen molar-refractivity contribution in [3.05, 3.63) is 89.6 Å². The van der Waals surface area contributed by atoms with Gasteiger partial charge in [-0.3, -0.25) is 9.59 Å². The third kappa shape index (κ3) is 4.42. The second kappa shape index (κ2) is 10.0. The molecule has 7 heteroatoms. The summed E-state index contributed by atoms with van der Waals surface area (Å²) in [5.74, 6) is 1.12. The van der Waals surface area contributed by atoms with Crippen molar-refractivity contribution < 1.29 is 23.8 Å². The highest BCUT2D eigenvalue weighted by Gasteiger charge is 2.44. The number of benzene rings is 3. The lowest BCUT2D eigenvalue weighted by Gasteiger charge is -2.37. The molecule has 1 heterocycles. The van der Waals surface area contributed by atoms with Gasteiger partial charge in [-0.1, -0.05) is 36.4 Å². The molecular formula is C30H30N2O5. The van der Waals surface area contributed by atoms with Crippen LogP contribution in [-0.2, 0) is 9.59 Å².